The van der Waals surface area contributed by atoms with Crippen LogP contribution in [0.3, 0.4) is 0 Å². The second-order valence-electron chi connectivity index (χ2n) is 3.55. The lowest BCUT2D eigenvalue weighted by molar-refractivity contribution is 0.335. The Balaban J connectivity index is 2.77. The van der Waals surface area contributed by atoms with E-state index in [1.807, 2.05) is 0 Å². The average Bonchev–Trinajstić information content (AvgIpc) is 2.15. The van der Waals surface area contributed by atoms with E-state index in [1.165, 1.54) is 12.4 Å². The van der Waals surface area contributed by atoms with Crippen molar-refractivity contribution < 1.29 is 28.7 Å². The SMILES string of the molecule is O=P(O)(O)C(CCc1ccncc1)P(=O)(O)O. The normalized spacial score (nSPS) is 13.0. The molecule has 0 spiro atoms. The summed E-state index contributed by atoms with van der Waals surface area (Å²) in [5.41, 5.74) is 0.715. The molecule has 7 nitrogen and oxygen atoms in total. The fraction of sp³-hybridized carbons (Fsp3) is 0.375. The van der Waals surface area contributed by atoms with Crippen molar-refractivity contribution in [1.82, 2.24) is 4.98 Å². The molecule has 4 N–H and O–H groups in total. The molecule has 0 aliphatic heterocycles. The fourth-order valence-corrected chi connectivity index (χ4v) is 3.88. The van der Waals surface area contributed by atoms with Crippen molar-refractivity contribution in [2.45, 2.75) is 18.2 Å². The molecular formula is C8H13NO6P2. The number of hydrogen-bond acceptors (Lipinski definition) is 3. The molecule has 0 aromatic carbocycles. The molecule has 0 atom stereocenters. The predicted molar refractivity (Wildman–Crippen MR) is 60.4 cm³/mol. The molecule has 1 rings (SSSR count). The van der Waals surface area contributed by atoms with Crippen molar-refractivity contribution in [2.75, 3.05) is 0 Å². The number of aromatic nitrogens is 1. The third-order valence-electron chi connectivity index (χ3n) is 2.22. The Kier molecular flexibility index (Phi) is 4.61. The highest BCUT2D eigenvalue weighted by Crippen LogP contribution is 2.61. The molecule has 0 fully saturated rings. The first-order valence-corrected chi connectivity index (χ1v) is 8.07. The summed E-state index contributed by atoms with van der Waals surface area (Å²) in [5, 5.41) is -1.94. The Bertz CT molecular complexity index is 430. The Labute approximate surface area is 97.8 Å². The zero-order valence-corrected chi connectivity index (χ0v) is 10.5. The standard InChI is InChI=1S/C8H13NO6P2/c10-16(11,12)8(17(13,14)15)2-1-7-3-5-9-6-4-7/h3-6,8H,1-2H2,(H2,10,11,12)(H2,13,14,15). The highest BCUT2D eigenvalue weighted by molar-refractivity contribution is 7.70. The summed E-state index contributed by atoms with van der Waals surface area (Å²) in [6.45, 7) is 0. The molecule has 1 aromatic rings. The van der Waals surface area contributed by atoms with Gasteiger partial charge >= 0.3 is 15.2 Å². The van der Waals surface area contributed by atoms with Crippen LogP contribution in [0.25, 0.3) is 0 Å². The highest BCUT2D eigenvalue weighted by Gasteiger charge is 2.42. The van der Waals surface area contributed by atoms with Crippen LogP contribution < -0.4 is 0 Å². The zero-order chi connectivity index (χ0) is 13.1. The van der Waals surface area contributed by atoms with E-state index in [0.29, 0.717) is 5.56 Å². The van der Waals surface area contributed by atoms with Crippen LogP contribution in [0, 0.1) is 0 Å². The van der Waals surface area contributed by atoms with E-state index in [-0.39, 0.29) is 12.8 Å². The van der Waals surface area contributed by atoms with Crippen LogP contribution in [0.5, 0.6) is 0 Å². The van der Waals surface area contributed by atoms with Gasteiger partial charge in [-0.25, -0.2) is 0 Å². The second kappa shape index (κ2) is 5.40. The maximum Gasteiger partial charge on any atom is 0.340 e. The first kappa shape index (κ1) is 14.5. The Morgan fingerprint density at radius 2 is 1.53 bits per heavy atom. The minimum Gasteiger partial charge on any atom is -0.324 e. The first-order valence-electron chi connectivity index (χ1n) is 4.70. The van der Waals surface area contributed by atoms with Gasteiger partial charge in [0.1, 0.15) is 0 Å². The molecule has 17 heavy (non-hydrogen) atoms. The van der Waals surface area contributed by atoms with Crippen LogP contribution >= 0.6 is 15.2 Å². The van der Waals surface area contributed by atoms with Gasteiger partial charge in [0.2, 0.25) is 0 Å². The van der Waals surface area contributed by atoms with Gasteiger partial charge in [-0.05, 0) is 30.5 Å². The topological polar surface area (TPSA) is 128 Å². The molecule has 0 saturated heterocycles. The van der Waals surface area contributed by atoms with Gasteiger partial charge in [0.05, 0.1) is 0 Å². The molecular weight excluding hydrogens is 268 g/mol. The van der Waals surface area contributed by atoms with E-state index in [9.17, 15) is 9.13 Å². The maximum absolute atomic E-state index is 11.0. The van der Waals surface area contributed by atoms with Gasteiger partial charge in [-0.15, -0.1) is 0 Å². The summed E-state index contributed by atoms with van der Waals surface area (Å²) in [7, 11) is -9.63. The molecule has 0 aliphatic rings. The van der Waals surface area contributed by atoms with Crippen molar-refractivity contribution in [3.63, 3.8) is 0 Å². The minimum absolute atomic E-state index is 0.170. The van der Waals surface area contributed by atoms with Crippen LogP contribution in [0.4, 0.5) is 0 Å². The number of pyridine rings is 1. The van der Waals surface area contributed by atoms with Gasteiger partial charge in [-0.2, -0.15) is 0 Å². The Morgan fingerprint density at radius 1 is 1.06 bits per heavy atom. The predicted octanol–water partition coefficient (Wildman–Crippen LogP) is 0.696. The number of rotatable bonds is 5. The summed E-state index contributed by atoms with van der Waals surface area (Å²) >= 11 is 0. The van der Waals surface area contributed by atoms with Gasteiger partial charge in [-0.1, -0.05) is 0 Å². The summed E-state index contributed by atoms with van der Waals surface area (Å²) in [6, 6.07) is 3.24. The fourth-order valence-electron chi connectivity index (χ4n) is 1.38. The molecule has 1 aromatic heterocycles. The van der Waals surface area contributed by atoms with E-state index in [2.05, 4.69) is 4.98 Å². The van der Waals surface area contributed by atoms with E-state index in [4.69, 9.17) is 19.6 Å². The molecule has 96 valence electrons. The van der Waals surface area contributed by atoms with E-state index >= 15 is 0 Å². The van der Waals surface area contributed by atoms with Crippen molar-refractivity contribution in [2.24, 2.45) is 0 Å². The van der Waals surface area contributed by atoms with E-state index in [1.54, 1.807) is 12.1 Å². The van der Waals surface area contributed by atoms with Gasteiger partial charge in [0, 0.05) is 12.4 Å². The lowest BCUT2D eigenvalue weighted by Gasteiger charge is -2.19. The lowest BCUT2D eigenvalue weighted by Crippen LogP contribution is -2.10. The van der Waals surface area contributed by atoms with Crippen LogP contribution in [0.1, 0.15) is 12.0 Å². The van der Waals surface area contributed by atoms with E-state index in [0.717, 1.165) is 0 Å². The van der Waals surface area contributed by atoms with Crippen molar-refractivity contribution in [3.8, 4) is 0 Å². The van der Waals surface area contributed by atoms with Crippen LogP contribution in [0.15, 0.2) is 24.5 Å². The summed E-state index contributed by atoms with van der Waals surface area (Å²) in [4.78, 5) is 39.4. The molecule has 0 radical (unpaired) electrons. The Morgan fingerprint density at radius 3 is 1.94 bits per heavy atom. The summed E-state index contributed by atoms with van der Waals surface area (Å²) in [6.07, 6.45) is 2.89. The first-order chi connectivity index (χ1) is 7.71. The van der Waals surface area contributed by atoms with Crippen molar-refractivity contribution in [3.05, 3.63) is 30.1 Å². The van der Waals surface area contributed by atoms with E-state index < -0.39 is 20.6 Å². The average molecular weight is 281 g/mol. The quantitative estimate of drug-likeness (QED) is 0.584. The number of hydrogen-bond donors (Lipinski definition) is 4. The molecule has 0 bridgehead atoms. The molecule has 0 saturated carbocycles. The highest BCUT2D eigenvalue weighted by atomic mass is 31.2. The van der Waals surface area contributed by atoms with Crippen molar-refractivity contribution >= 4 is 15.2 Å². The third kappa shape index (κ3) is 4.68. The second-order valence-corrected chi connectivity index (χ2v) is 7.56. The van der Waals surface area contributed by atoms with Crippen LogP contribution in [-0.4, -0.2) is 30.0 Å². The molecule has 0 aliphatic carbocycles. The zero-order valence-electron chi connectivity index (χ0n) is 8.75. The van der Waals surface area contributed by atoms with Crippen LogP contribution in [-0.2, 0) is 15.6 Å². The summed E-state index contributed by atoms with van der Waals surface area (Å²) in [5.74, 6) is 0. The molecule has 0 unspecified atom stereocenters. The maximum atomic E-state index is 11.0. The minimum atomic E-state index is -4.81. The number of aryl methyl sites for hydroxylation is 1. The Hall–Kier alpha value is -0.550. The van der Waals surface area contributed by atoms with Gasteiger partial charge in [0.15, 0.2) is 5.40 Å². The van der Waals surface area contributed by atoms with Gasteiger partial charge in [0.25, 0.3) is 0 Å². The molecule has 0 amide bonds. The lowest BCUT2D eigenvalue weighted by atomic mass is 10.2. The largest absolute Gasteiger partial charge is 0.340 e. The molecule has 1 heterocycles. The number of nitrogens with zero attached hydrogens (tertiary/aromatic N) is 1. The third-order valence-corrected chi connectivity index (χ3v) is 6.09. The molecule has 9 heteroatoms. The summed E-state index contributed by atoms with van der Waals surface area (Å²) < 4.78 is 22.0. The monoisotopic (exact) mass is 281 g/mol. The smallest absolute Gasteiger partial charge is 0.324 e. The van der Waals surface area contributed by atoms with Gasteiger partial charge < -0.3 is 19.6 Å². The van der Waals surface area contributed by atoms with Gasteiger partial charge in [-0.3, -0.25) is 14.1 Å². The van der Waals surface area contributed by atoms with Crippen LogP contribution in [0.2, 0.25) is 0 Å². The van der Waals surface area contributed by atoms with Crippen molar-refractivity contribution in [1.29, 1.82) is 0 Å².